The van der Waals surface area contributed by atoms with Crippen LogP contribution < -0.4 is 0 Å². The Balaban J connectivity index is 2.37. The summed E-state index contributed by atoms with van der Waals surface area (Å²) in [4.78, 5) is 23.4. The first-order valence-electron chi connectivity index (χ1n) is 7.34. The van der Waals surface area contributed by atoms with Gasteiger partial charge in [-0.1, -0.05) is 25.0 Å². The van der Waals surface area contributed by atoms with Crippen molar-refractivity contribution in [2.45, 2.75) is 60.0 Å². The average molecular weight is 276 g/mol. The van der Waals surface area contributed by atoms with Gasteiger partial charge in [-0.2, -0.15) is 0 Å². The van der Waals surface area contributed by atoms with Gasteiger partial charge in [0.2, 0.25) is 0 Å². The molecule has 0 spiro atoms. The first kappa shape index (κ1) is 15.0. The highest BCUT2D eigenvalue weighted by atomic mass is 16.5. The van der Waals surface area contributed by atoms with Crippen molar-refractivity contribution >= 4 is 11.8 Å². The van der Waals surface area contributed by atoms with Crippen molar-refractivity contribution < 1.29 is 14.3 Å². The van der Waals surface area contributed by atoms with E-state index in [1.54, 1.807) is 0 Å². The summed E-state index contributed by atoms with van der Waals surface area (Å²) in [5.74, 6) is 0.177. The van der Waals surface area contributed by atoms with E-state index >= 15 is 0 Å². The SMILES string of the molecule is CC(=O)O[C@H]1CCC2=CC(=O)C(=C(C)C)C[C@]2(C)[C@H]1C. The molecule has 0 radical (unpaired) electrons. The second kappa shape index (κ2) is 5.19. The molecule has 3 heteroatoms. The standard InChI is InChI=1S/C17H24O3/c1-10(2)14-9-17(5)11(3)16(20-12(4)18)7-6-13(17)8-15(14)19/h8,11,16H,6-7,9H2,1-5H3/t11-,16-,17+/m0/s1. The van der Waals surface area contributed by atoms with Gasteiger partial charge in [-0.3, -0.25) is 9.59 Å². The van der Waals surface area contributed by atoms with Gasteiger partial charge in [0.05, 0.1) is 0 Å². The third-order valence-corrected chi connectivity index (χ3v) is 5.06. The second-order valence-corrected chi connectivity index (χ2v) is 6.58. The Morgan fingerprint density at radius 3 is 2.55 bits per heavy atom. The van der Waals surface area contributed by atoms with Gasteiger partial charge in [0.15, 0.2) is 5.78 Å². The molecule has 0 aromatic heterocycles. The lowest BCUT2D eigenvalue weighted by atomic mass is 9.58. The lowest BCUT2D eigenvalue weighted by Gasteiger charge is -2.48. The third kappa shape index (κ3) is 2.46. The molecule has 2 rings (SSSR count). The highest BCUT2D eigenvalue weighted by Gasteiger charge is 2.47. The zero-order valence-electron chi connectivity index (χ0n) is 13.1. The monoisotopic (exact) mass is 276 g/mol. The summed E-state index contributed by atoms with van der Waals surface area (Å²) in [6.07, 6.45) is 4.21. The van der Waals surface area contributed by atoms with Crippen molar-refractivity contribution in [3.05, 3.63) is 22.8 Å². The first-order chi connectivity index (χ1) is 9.25. The van der Waals surface area contributed by atoms with Crippen molar-refractivity contribution in [1.82, 2.24) is 0 Å². The smallest absolute Gasteiger partial charge is 0.302 e. The quantitative estimate of drug-likeness (QED) is 0.543. The normalized spacial score (nSPS) is 33.4. The Morgan fingerprint density at radius 1 is 1.35 bits per heavy atom. The second-order valence-electron chi connectivity index (χ2n) is 6.58. The van der Waals surface area contributed by atoms with E-state index in [1.165, 1.54) is 12.5 Å². The number of esters is 1. The topological polar surface area (TPSA) is 43.4 Å². The van der Waals surface area contributed by atoms with Gasteiger partial charge in [-0.05, 0) is 50.2 Å². The number of allylic oxidation sites excluding steroid dienone is 4. The van der Waals surface area contributed by atoms with Crippen LogP contribution >= 0.6 is 0 Å². The Morgan fingerprint density at radius 2 is 2.00 bits per heavy atom. The van der Waals surface area contributed by atoms with Gasteiger partial charge in [0.25, 0.3) is 0 Å². The van der Waals surface area contributed by atoms with Crippen LogP contribution in [0.2, 0.25) is 0 Å². The van der Waals surface area contributed by atoms with E-state index in [4.69, 9.17) is 4.74 Å². The molecule has 0 aromatic rings. The molecule has 2 aliphatic rings. The van der Waals surface area contributed by atoms with Crippen molar-refractivity contribution in [2.24, 2.45) is 11.3 Å². The molecule has 1 saturated carbocycles. The van der Waals surface area contributed by atoms with Crippen LogP contribution in [0.1, 0.15) is 53.9 Å². The molecule has 0 N–H and O–H groups in total. The lowest BCUT2D eigenvalue weighted by molar-refractivity contribution is -0.153. The Bertz CT molecular complexity index is 508. The minimum absolute atomic E-state index is 0.0405. The van der Waals surface area contributed by atoms with Crippen molar-refractivity contribution in [2.75, 3.05) is 0 Å². The van der Waals surface area contributed by atoms with Crippen LogP contribution in [0.15, 0.2) is 22.8 Å². The minimum atomic E-state index is -0.216. The molecule has 0 bridgehead atoms. The maximum Gasteiger partial charge on any atom is 0.302 e. The van der Waals surface area contributed by atoms with Crippen molar-refractivity contribution in [3.63, 3.8) is 0 Å². The van der Waals surface area contributed by atoms with E-state index in [2.05, 4.69) is 13.8 Å². The fourth-order valence-electron chi connectivity index (χ4n) is 3.54. The van der Waals surface area contributed by atoms with Gasteiger partial charge in [-0.25, -0.2) is 0 Å². The molecule has 0 aliphatic heterocycles. The third-order valence-electron chi connectivity index (χ3n) is 5.06. The van der Waals surface area contributed by atoms with Gasteiger partial charge in [0, 0.05) is 12.8 Å². The predicted molar refractivity (Wildman–Crippen MR) is 78.1 cm³/mol. The summed E-state index contributed by atoms with van der Waals surface area (Å²) in [6.45, 7) is 9.79. The van der Waals surface area contributed by atoms with Crippen LogP contribution in [0.25, 0.3) is 0 Å². The maximum atomic E-state index is 12.2. The lowest BCUT2D eigenvalue weighted by Crippen LogP contribution is -2.44. The van der Waals surface area contributed by atoms with Crippen molar-refractivity contribution in [3.8, 4) is 0 Å². The molecule has 110 valence electrons. The summed E-state index contributed by atoms with van der Waals surface area (Å²) >= 11 is 0. The molecule has 0 heterocycles. The van der Waals surface area contributed by atoms with Crippen molar-refractivity contribution in [1.29, 1.82) is 0 Å². The van der Waals surface area contributed by atoms with Crippen LogP contribution in [-0.2, 0) is 14.3 Å². The molecule has 2 aliphatic carbocycles. The number of ether oxygens (including phenoxy) is 1. The fraction of sp³-hybridized carbons (Fsp3) is 0.647. The Hall–Kier alpha value is -1.38. The van der Waals surface area contributed by atoms with E-state index in [0.29, 0.717) is 0 Å². The molecule has 0 unspecified atom stereocenters. The number of rotatable bonds is 1. The predicted octanol–water partition coefficient (Wildman–Crippen LogP) is 3.59. The molecule has 3 atom stereocenters. The highest BCUT2D eigenvalue weighted by Crippen LogP contribution is 2.52. The Labute approximate surface area is 121 Å². The van der Waals surface area contributed by atoms with Gasteiger partial charge >= 0.3 is 5.97 Å². The number of hydrogen-bond acceptors (Lipinski definition) is 3. The largest absolute Gasteiger partial charge is 0.462 e. The molecule has 20 heavy (non-hydrogen) atoms. The van der Waals surface area contributed by atoms with Crippen LogP contribution in [0.3, 0.4) is 0 Å². The number of fused-ring (bicyclic) bond motifs is 1. The molecule has 0 aromatic carbocycles. The van der Waals surface area contributed by atoms with Gasteiger partial charge < -0.3 is 4.74 Å². The van der Waals surface area contributed by atoms with E-state index in [0.717, 1.165) is 30.4 Å². The maximum absolute atomic E-state index is 12.2. The molecule has 3 nitrogen and oxygen atoms in total. The highest BCUT2D eigenvalue weighted by molar-refractivity contribution is 6.06. The van der Waals surface area contributed by atoms with Crippen LogP contribution in [-0.4, -0.2) is 17.9 Å². The average Bonchev–Trinajstić information content (AvgIpc) is 2.34. The molecule has 0 saturated heterocycles. The zero-order valence-corrected chi connectivity index (χ0v) is 13.1. The fourth-order valence-corrected chi connectivity index (χ4v) is 3.54. The summed E-state index contributed by atoms with van der Waals surface area (Å²) in [5.41, 5.74) is 3.17. The van der Waals surface area contributed by atoms with Crippen LogP contribution in [0.4, 0.5) is 0 Å². The molecular formula is C17H24O3. The summed E-state index contributed by atoms with van der Waals surface area (Å²) in [6, 6.07) is 0. The molecular weight excluding hydrogens is 252 g/mol. The van der Waals surface area contributed by atoms with E-state index < -0.39 is 0 Å². The first-order valence-corrected chi connectivity index (χ1v) is 7.34. The number of hydrogen-bond donors (Lipinski definition) is 0. The number of ketones is 1. The Kier molecular flexibility index (Phi) is 3.90. The van der Waals surface area contributed by atoms with Crippen LogP contribution in [0.5, 0.6) is 0 Å². The summed E-state index contributed by atoms with van der Waals surface area (Å²) in [5, 5.41) is 0. The molecule has 0 amide bonds. The minimum Gasteiger partial charge on any atom is -0.462 e. The summed E-state index contributed by atoms with van der Waals surface area (Å²) < 4.78 is 5.47. The summed E-state index contributed by atoms with van der Waals surface area (Å²) in [7, 11) is 0. The van der Waals surface area contributed by atoms with Gasteiger partial charge in [-0.15, -0.1) is 0 Å². The zero-order chi connectivity index (χ0) is 15.1. The molecule has 1 fully saturated rings. The number of carbonyl (C=O) groups is 2. The van der Waals surface area contributed by atoms with Crippen LogP contribution in [0, 0.1) is 11.3 Å². The van der Waals surface area contributed by atoms with E-state index in [1.807, 2.05) is 19.9 Å². The van der Waals surface area contributed by atoms with Gasteiger partial charge in [0.1, 0.15) is 6.10 Å². The number of carbonyl (C=O) groups excluding carboxylic acids is 2. The van der Waals surface area contributed by atoms with E-state index in [9.17, 15) is 9.59 Å². The van der Waals surface area contributed by atoms with E-state index in [-0.39, 0.29) is 29.2 Å².